The van der Waals surface area contributed by atoms with E-state index in [4.69, 9.17) is 9.47 Å². The summed E-state index contributed by atoms with van der Waals surface area (Å²) >= 11 is 0. The predicted molar refractivity (Wildman–Crippen MR) is 96.9 cm³/mol. The summed E-state index contributed by atoms with van der Waals surface area (Å²) in [6.45, 7) is 1.75. The molecule has 3 rings (SSSR count). The molecular formula is C20H26N2O3. The maximum absolute atomic E-state index is 10.8. The lowest BCUT2D eigenvalue weighted by molar-refractivity contribution is -0.200. The molecule has 5 heteroatoms. The fraction of sp³-hybridized carbons (Fsp3) is 0.400. The number of benzene rings is 2. The average Bonchev–Trinajstić information content (AvgIpc) is 2.67. The van der Waals surface area contributed by atoms with Crippen LogP contribution in [0, 0.1) is 0 Å². The Morgan fingerprint density at radius 2 is 1.52 bits per heavy atom. The SMILES string of the molecule is CO[C@@H]1OC[C@@H](NCc2ccccc2)[C@H](O)[C@H]1NCc1ccccc1. The minimum absolute atomic E-state index is 0.153. The highest BCUT2D eigenvalue weighted by molar-refractivity contribution is 5.15. The molecule has 0 saturated carbocycles. The van der Waals surface area contributed by atoms with E-state index in [1.165, 1.54) is 5.56 Å². The van der Waals surface area contributed by atoms with Crippen molar-refractivity contribution in [2.45, 2.75) is 37.6 Å². The molecule has 1 fully saturated rings. The van der Waals surface area contributed by atoms with E-state index in [0.29, 0.717) is 19.7 Å². The number of aliphatic hydroxyl groups is 1. The summed E-state index contributed by atoms with van der Waals surface area (Å²) in [7, 11) is 1.60. The smallest absolute Gasteiger partial charge is 0.175 e. The van der Waals surface area contributed by atoms with Gasteiger partial charge < -0.3 is 25.2 Å². The fourth-order valence-electron chi connectivity index (χ4n) is 3.10. The second-order valence-corrected chi connectivity index (χ2v) is 6.29. The van der Waals surface area contributed by atoms with Gasteiger partial charge in [0.25, 0.3) is 0 Å². The van der Waals surface area contributed by atoms with Crippen LogP contribution in [0.25, 0.3) is 0 Å². The van der Waals surface area contributed by atoms with E-state index >= 15 is 0 Å². The van der Waals surface area contributed by atoms with Crippen molar-refractivity contribution in [1.82, 2.24) is 10.6 Å². The van der Waals surface area contributed by atoms with Gasteiger partial charge in [0.15, 0.2) is 6.29 Å². The Bertz CT molecular complexity index is 623. The van der Waals surface area contributed by atoms with Crippen LogP contribution in [-0.4, -0.2) is 43.3 Å². The predicted octanol–water partition coefficient (Wildman–Crippen LogP) is 1.67. The largest absolute Gasteiger partial charge is 0.390 e. The third-order valence-electron chi connectivity index (χ3n) is 4.54. The summed E-state index contributed by atoms with van der Waals surface area (Å²) in [5, 5.41) is 17.6. The topological polar surface area (TPSA) is 62.8 Å². The molecule has 2 aromatic rings. The number of nitrogens with one attached hydrogen (secondary N) is 2. The lowest BCUT2D eigenvalue weighted by Crippen LogP contribution is -2.63. The Morgan fingerprint density at radius 3 is 2.08 bits per heavy atom. The monoisotopic (exact) mass is 342 g/mol. The third kappa shape index (κ3) is 4.87. The van der Waals surface area contributed by atoms with Gasteiger partial charge in [-0.05, 0) is 11.1 Å². The zero-order valence-corrected chi connectivity index (χ0v) is 14.5. The van der Waals surface area contributed by atoms with Crippen molar-refractivity contribution in [2.24, 2.45) is 0 Å². The molecule has 4 atom stereocenters. The Hall–Kier alpha value is -1.76. The van der Waals surface area contributed by atoms with Crippen LogP contribution in [0.3, 0.4) is 0 Å². The molecule has 1 heterocycles. The van der Waals surface area contributed by atoms with E-state index in [0.717, 1.165) is 5.56 Å². The van der Waals surface area contributed by atoms with Gasteiger partial charge >= 0.3 is 0 Å². The maximum Gasteiger partial charge on any atom is 0.175 e. The molecular weight excluding hydrogens is 316 g/mol. The average molecular weight is 342 g/mol. The summed E-state index contributed by atoms with van der Waals surface area (Å²) in [4.78, 5) is 0. The van der Waals surface area contributed by atoms with Crippen molar-refractivity contribution in [1.29, 1.82) is 0 Å². The maximum atomic E-state index is 10.8. The number of methoxy groups -OCH3 is 1. The number of hydrogen-bond acceptors (Lipinski definition) is 5. The van der Waals surface area contributed by atoms with Gasteiger partial charge in [0.05, 0.1) is 24.8 Å². The van der Waals surface area contributed by atoms with Crippen molar-refractivity contribution in [3.8, 4) is 0 Å². The first-order valence-corrected chi connectivity index (χ1v) is 8.65. The van der Waals surface area contributed by atoms with Crippen molar-refractivity contribution >= 4 is 0 Å². The van der Waals surface area contributed by atoms with Crippen molar-refractivity contribution in [3.05, 3.63) is 71.8 Å². The minimum Gasteiger partial charge on any atom is -0.390 e. The standard InChI is InChI=1S/C20H26N2O3/c1-24-20-18(22-13-16-10-6-3-7-11-16)19(23)17(14-25-20)21-12-15-8-4-2-5-9-15/h2-11,17-23H,12-14H2,1H3/t17-,18-,19+,20-/m1/s1. The molecule has 1 saturated heterocycles. The van der Waals surface area contributed by atoms with Crippen LogP contribution in [0.2, 0.25) is 0 Å². The Kier molecular flexibility index (Phi) is 6.55. The van der Waals surface area contributed by atoms with Gasteiger partial charge in [-0.25, -0.2) is 0 Å². The number of aliphatic hydroxyl groups excluding tert-OH is 1. The number of hydrogen-bond donors (Lipinski definition) is 3. The van der Waals surface area contributed by atoms with Crippen LogP contribution in [0.5, 0.6) is 0 Å². The Morgan fingerprint density at radius 1 is 0.960 bits per heavy atom. The summed E-state index contributed by atoms with van der Waals surface area (Å²) in [6, 6.07) is 19.8. The number of rotatable bonds is 7. The summed E-state index contributed by atoms with van der Waals surface area (Å²) in [6.07, 6.45) is -1.07. The lowest BCUT2D eigenvalue weighted by atomic mass is 9.99. The second-order valence-electron chi connectivity index (χ2n) is 6.29. The molecule has 1 aliphatic rings. The first-order valence-electron chi connectivity index (χ1n) is 8.65. The molecule has 0 aromatic heterocycles. The molecule has 0 spiro atoms. The van der Waals surface area contributed by atoms with E-state index in [2.05, 4.69) is 34.9 Å². The molecule has 5 nitrogen and oxygen atoms in total. The van der Waals surface area contributed by atoms with Crippen LogP contribution >= 0.6 is 0 Å². The van der Waals surface area contributed by atoms with Gasteiger partial charge in [-0.2, -0.15) is 0 Å². The van der Waals surface area contributed by atoms with Gasteiger partial charge in [-0.1, -0.05) is 60.7 Å². The minimum atomic E-state index is -0.605. The van der Waals surface area contributed by atoms with Crippen LogP contribution in [0.15, 0.2) is 60.7 Å². The lowest BCUT2D eigenvalue weighted by Gasteiger charge is -2.40. The molecule has 25 heavy (non-hydrogen) atoms. The van der Waals surface area contributed by atoms with Crippen LogP contribution < -0.4 is 10.6 Å². The van der Waals surface area contributed by atoms with Crippen LogP contribution in [0.1, 0.15) is 11.1 Å². The van der Waals surface area contributed by atoms with Gasteiger partial charge in [0.1, 0.15) is 0 Å². The molecule has 2 aromatic carbocycles. The molecule has 0 unspecified atom stereocenters. The first kappa shape index (κ1) is 18.0. The highest BCUT2D eigenvalue weighted by Crippen LogP contribution is 2.17. The second kappa shape index (κ2) is 9.08. The Balaban J connectivity index is 1.59. The van der Waals surface area contributed by atoms with E-state index < -0.39 is 12.4 Å². The van der Waals surface area contributed by atoms with Crippen LogP contribution in [-0.2, 0) is 22.6 Å². The first-order chi connectivity index (χ1) is 12.3. The van der Waals surface area contributed by atoms with Gasteiger partial charge in [-0.3, -0.25) is 0 Å². The number of ether oxygens (including phenoxy) is 2. The van der Waals surface area contributed by atoms with E-state index in [-0.39, 0.29) is 12.1 Å². The van der Waals surface area contributed by atoms with E-state index in [9.17, 15) is 5.11 Å². The third-order valence-corrected chi connectivity index (χ3v) is 4.54. The van der Waals surface area contributed by atoms with Gasteiger partial charge in [0, 0.05) is 20.2 Å². The molecule has 0 aliphatic carbocycles. The summed E-state index contributed by atoms with van der Waals surface area (Å²) in [5.41, 5.74) is 2.33. The molecule has 0 bridgehead atoms. The molecule has 0 radical (unpaired) electrons. The van der Waals surface area contributed by atoms with Gasteiger partial charge in [0.2, 0.25) is 0 Å². The Labute approximate surface area is 149 Å². The van der Waals surface area contributed by atoms with Crippen molar-refractivity contribution in [3.63, 3.8) is 0 Å². The zero-order chi connectivity index (χ0) is 17.5. The summed E-state index contributed by atoms with van der Waals surface area (Å²) < 4.78 is 11.2. The highest BCUT2D eigenvalue weighted by Gasteiger charge is 2.39. The molecule has 0 amide bonds. The van der Waals surface area contributed by atoms with E-state index in [1.54, 1.807) is 7.11 Å². The normalized spacial score (nSPS) is 26.5. The van der Waals surface area contributed by atoms with Crippen molar-refractivity contribution < 1.29 is 14.6 Å². The summed E-state index contributed by atoms with van der Waals surface area (Å²) in [5.74, 6) is 0. The fourth-order valence-corrected chi connectivity index (χ4v) is 3.10. The van der Waals surface area contributed by atoms with Gasteiger partial charge in [-0.15, -0.1) is 0 Å². The quantitative estimate of drug-likeness (QED) is 0.714. The van der Waals surface area contributed by atoms with Crippen molar-refractivity contribution in [2.75, 3.05) is 13.7 Å². The van der Waals surface area contributed by atoms with Crippen LogP contribution in [0.4, 0.5) is 0 Å². The highest BCUT2D eigenvalue weighted by atomic mass is 16.7. The molecule has 3 N–H and O–H groups in total. The van der Waals surface area contributed by atoms with E-state index in [1.807, 2.05) is 36.4 Å². The molecule has 134 valence electrons. The zero-order valence-electron chi connectivity index (χ0n) is 14.5. The molecule has 1 aliphatic heterocycles.